The molecular formula is C16H19Cl2N3O2. The van der Waals surface area contributed by atoms with Crippen LogP contribution < -0.4 is 10.2 Å². The molecule has 23 heavy (non-hydrogen) atoms. The van der Waals surface area contributed by atoms with Gasteiger partial charge in [0.2, 0.25) is 11.8 Å². The van der Waals surface area contributed by atoms with Crippen molar-refractivity contribution in [2.75, 3.05) is 31.6 Å². The summed E-state index contributed by atoms with van der Waals surface area (Å²) < 4.78 is 0. The maximum absolute atomic E-state index is 12.7. The standard InChI is InChI=1S/C16H19Cl2N3O2/c1-20(13-2-3-19-8-13)16(23)10-4-15(22)21(9-10)14-6-11(17)5-12(18)7-14/h5-7,10,13,19H,2-4,8-9H2,1H3. The number of hydrogen-bond donors (Lipinski definition) is 1. The molecular weight excluding hydrogens is 337 g/mol. The van der Waals surface area contributed by atoms with Crippen molar-refractivity contribution in [3.63, 3.8) is 0 Å². The molecule has 0 saturated carbocycles. The zero-order chi connectivity index (χ0) is 16.6. The number of likely N-dealkylation sites (N-methyl/N-ethyl adjacent to an activating group) is 1. The van der Waals surface area contributed by atoms with Gasteiger partial charge in [-0.05, 0) is 31.2 Å². The Kier molecular flexibility index (Phi) is 4.80. The third kappa shape index (κ3) is 3.47. The molecule has 2 aliphatic heterocycles. The molecule has 0 aliphatic carbocycles. The Labute approximate surface area is 145 Å². The van der Waals surface area contributed by atoms with Crippen LogP contribution in [0, 0.1) is 5.92 Å². The molecule has 2 heterocycles. The first-order chi connectivity index (χ1) is 11.0. The quantitative estimate of drug-likeness (QED) is 0.903. The fraction of sp³-hybridized carbons (Fsp3) is 0.500. The second kappa shape index (κ2) is 6.67. The molecule has 2 unspecified atom stereocenters. The predicted octanol–water partition coefficient (Wildman–Crippen LogP) is 2.17. The van der Waals surface area contributed by atoms with E-state index >= 15 is 0 Å². The summed E-state index contributed by atoms with van der Waals surface area (Å²) in [5.41, 5.74) is 0.646. The lowest BCUT2D eigenvalue weighted by molar-refractivity contribution is -0.136. The fourth-order valence-electron chi connectivity index (χ4n) is 3.26. The van der Waals surface area contributed by atoms with Crippen molar-refractivity contribution < 1.29 is 9.59 Å². The van der Waals surface area contributed by atoms with Crippen LogP contribution in [0.1, 0.15) is 12.8 Å². The van der Waals surface area contributed by atoms with Gasteiger partial charge in [0.1, 0.15) is 0 Å². The molecule has 0 radical (unpaired) electrons. The highest BCUT2D eigenvalue weighted by Gasteiger charge is 2.38. The van der Waals surface area contributed by atoms with Crippen LogP contribution in [0.5, 0.6) is 0 Å². The van der Waals surface area contributed by atoms with Gasteiger partial charge in [-0.2, -0.15) is 0 Å². The van der Waals surface area contributed by atoms with Crippen LogP contribution in [0.2, 0.25) is 10.0 Å². The van der Waals surface area contributed by atoms with E-state index in [9.17, 15) is 9.59 Å². The van der Waals surface area contributed by atoms with Crippen LogP contribution in [0.15, 0.2) is 18.2 Å². The number of nitrogens with one attached hydrogen (secondary N) is 1. The number of rotatable bonds is 3. The normalized spacial score (nSPS) is 24.3. The Bertz CT molecular complexity index is 612. The van der Waals surface area contributed by atoms with Crippen LogP contribution in [0.4, 0.5) is 5.69 Å². The Morgan fingerprint density at radius 2 is 2.00 bits per heavy atom. The number of amides is 2. The van der Waals surface area contributed by atoms with E-state index in [4.69, 9.17) is 23.2 Å². The van der Waals surface area contributed by atoms with Gasteiger partial charge < -0.3 is 15.1 Å². The summed E-state index contributed by atoms with van der Waals surface area (Å²) in [4.78, 5) is 28.4. The zero-order valence-corrected chi connectivity index (χ0v) is 14.4. The number of halogens is 2. The van der Waals surface area contributed by atoms with Gasteiger partial charge in [-0.1, -0.05) is 23.2 Å². The van der Waals surface area contributed by atoms with E-state index in [1.54, 1.807) is 28.0 Å². The van der Waals surface area contributed by atoms with E-state index in [0.717, 1.165) is 19.5 Å². The topological polar surface area (TPSA) is 52.7 Å². The highest BCUT2D eigenvalue weighted by atomic mass is 35.5. The van der Waals surface area contributed by atoms with Gasteiger partial charge in [-0.25, -0.2) is 0 Å². The van der Waals surface area contributed by atoms with Crippen LogP contribution in [-0.2, 0) is 9.59 Å². The predicted molar refractivity (Wildman–Crippen MR) is 91.0 cm³/mol. The average Bonchev–Trinajstić information content (AvgIpc) is 3.14. The molecule has 2 saturated heterocycles. The lowest BCUT2D eigenvalue weighted by Crippen LogP contribution is -2.42. The van der Waals surface area contributed by atoms with Crippen molar-refractivity contribution in [3.8, 4) is 0 Å². The van der Waals surface area contributed by atoms with E-state index in [0.29, 0.717) is 22.3 Å². The molecule has 1 aromatic carbocycles. The van der Waals surface area contributed by atoms with Crippen LogP contribution in [0.3, 0.4) is 0 Å². The summed E-state index contributed by atoms with van der Waals surface area (Å²) in [5.74, 6) is -0.354. The van der Waals surface area contributed by atoms with Gasteiger partial charge in [0.15, 0.2) is 0 Å². The highest BCUT2D eigenvalue weighted by Crippen LogP contribution is 2.31. The molecule has 1 aromatic rings. The lowest BCUT2D eigenvalue weighted by Gasteiger charge is -2.26. The molecule has 5 nitrogen and oxygen atoms in total. The monoisotopic (exact) mass is 355 g/mol. The van der Waals surface area contributed by atoms with E-state index in [1.807, 2.05) is 7.05 Å². The summed E-state index contributed by atoms with van der Waals surface area (Å²) in [6.45, 7) is 2.12. The van der Waals surface area contributed by atoms with E-state index in [2.05, 4.69) is 5.32 Å². The highest BCUT2D eigenvalue weighted by molar-refractivity contribution is 6.35. The summed E-state index contributed by atoms with van der Waals surface area (Å²) >= 11 is 12.0. The Morgan fingerprint density at radius 1 is 1.30 bits per heavy atom. The number of hydrogen-bond acceptors (Lipinski definition) is 3. The summed E-state index contributed by atoms with van der Waals surface area (Å²) in [5, 5.41) is 4.21. The molecule has 0 spiro atoms. The van der Waals surface area contributed by atoms with Crippen molar-refractivity contribution in [2.45, 2.75) is 18.9 Å². The first kappa shape index (κ1) is 16.6. The second-order valence-electron chi connectivity index (χ2n) is 6.13. The minimum atomic E-state index is -0.314. The lowest BCUT2D eigenvalue weighted by atomic mass is 10.1. The second-order valence-corrected chi connectivity index (χ2v) is 7.00. The van der Waals surface area contributed by atoms with Gasteiger partial charge in [0.05, 0.1) is 5.92 Å². The summed E-state index contributed by atoms with van der Waals surface area (Å²) in [6, 6.07) is 5.23. The van der Waals surface area contributed by atoms with E-state index in [1.165, 1.54) is 0 Å². The fourth-order valence-corrected chi connectivity index (χ4v) is 3.77. The van der Waals surface area contributed by atoms with Crippen LogP contribution in [-0.4, -0.2) is 49.4 Å². The van der Waals surface area contributed by atoms with Crippen molar-refractivity contribution >= 4 is 40.7 Å². The number of nitrogens with zero attached hydrogens (tertiary/aromatic N) is 2. The minimum absolute atomic E-state index is 0.0303. The Morgan fingerprint density at radius 3 is 2.61 bits per heavy atom. The molecule has 7 heteroatoms. The summed E-state index contributed by atoms with van der Waals surface area (Å²) in [7, 11) is 1.82. The first-order valence-electron chi connectivity index (χ1n) is 7.69. The Hall–Kier alpha value is -1.30. The minimum Gasteiger partial charge on any atom is -0.341 e. The molecule has 2 amide bonds. The molecule has 1 N–H and O–H groups in total. The van der Waals surface area contributed by atoms with Gasteiger partial charge in [0, 0.05) is 48.3 Å². The number of carbonyl (C=O) groups is 2. The number of benzene rings is 1. The van der Waals surface area contributed by atoms with Gasteiger partial charge >= 0.3 is 0 Å². The van der Waals surface area contributed by atoms with Crippen molar-refractivity contribution in [3.05, 3.63) is 28.2 Å². The maximum Gasteiger partial charge on any atom is 0.228 e. The molecule has 3 rings (SSSR count). The number of anilines is 1. The van der Waals surface area contributed by atoms with E-state index < -0.39 is 0 Å². The first-order valence-corrected chi connectivity index (χ1v) is 8.45. The molecule has 2 atom stereocenters. The summed E-state index contributed by atoms with van der Waals surface area (Å²) in [6.07, 6.45) is 1.18. The molecule has 0 aromatic heterocycles. The zero-order valence-electron chi connectivity index (χ0n) is 12.9. The van der Waals surface area contributed by atoms with Crippen molar-refractivity contribution in [1.29, 1.82) is 0 Å². The SMILES string of the molecule is CN(C(=O)C1CC(=O)N(c2cc(Cl)cc(Cl)c2)C1)C1CCNC1. The third-order valence-corrected chi connectivity index (χ3v) is 5.00. The Balaban J connectivity index is 1.72. The van der Waals surface area contributed by atoms with Gasteiger partial charge in [-0.15, -0.1) is 0 Å². The molecule has 2 aliphatic rings. The van der Waals surface area contributed by atoms with Gasteiger partial charge in [-0.3, -0.25) is 9.59 Å². The average molecular weight is 356 g/mol. The van der Waals surface area contributed by atoms with E-state index in [-0.39, 0.29) is 30.2 Å². The smallest absolute Gasteiger partial charge is 0.228 e. The van der Waals surface area contributed by atoms with Crippen molar-refractivity contribution in [1.82, 2.24) is 10.2 Å². The maximum atomic E-state index is 12.7. The van der Waals surface area contributed by atoms with Crippen LogP contribution in [0.25, 0.3) is 0 Å². The van der Waals surface area contributed by atoms with Crippen LogP contribution >= 0.6 is 23.2 Å². The van der Waals surface area contributed by atoms with Gasteiger partial charge in [0.25, 0.3) is 0 Å². The largest absolute Gasteiger partial charge is 0.341 e. The number of carbonyl (C=O) groups excluding carboxylic acids is 2. The molecule has 2 fully saturated rings. The molecule has 0 bridgehead atoms. The molecule has 124 valence electrons. The third-order valence-electron chi connectivity index (χ3n) is 4.56. The van der Waals surface area contributed by atoms with Crippen molar-refractivity contribution in [2.24, 2.45) is 5.92 Å².